The first-order chi connectivity index (χ1) is 19.2. The highest BCUT2D eigenvalue weighted by molar-refractivity contribution is 6.36. The zero-order valence-corrected chi connectivity index (χ0v) is 23.2. The maximum atomic E-state index is 13.9. The van der Waals surface area contributed by atoms with Crippen molar-refractivity contribution in [3.8, 4) is 0 Å². The van der Waals surface area contributed by atoms with Gasteiger partial charge in [0.05, 0.1) is 24.0 Å². The molecule has 1 saturated heterocycles. The molecule has 0 saturated carbocycles. The van der Waals surface area contributed by atoms with Gasteiger partial charge in [0.25, 0.3) is 0 Å². The molecule has 3 aliphatic carbocycles. The smallest absolute Gasteiger partial charge is 0.338 e. The van der Waals surface area contributed by atoms with Gasteiger partial charge in [-0.3, -0.25) is 19.3 Å². The van der Waals surface area contributed by atoms with Crippen LogP contribution in [0.25, 0.3) is 0 Å². The van der Waals surface area contributed by atoms with Gasteiger partial charge in [-0.25, -0.2) is 4.79 Å². The molecule has 1 aliphatic heterocycles. The van der Waals surface area contributed by atoms with Crippen LogP contribution in [0.15, 0.2) is 72.8 Å². The number of halogens is 2. The number of esters is 1. The summed E-state index contributed by atoms with van der Waals surface area (Å²) < 4.78 is 5.20. The van der Waals surface area contributed by atoms with Crippen LogP contribution < -0.4 is 5.32 Å². The number of imide groups is 1. The summed E-state index contributed by atoms with van der Waals surface area (Å²) >= 11 is 14.8. The Morgan fingerprint density at radius 3 is 1.75 bits per heavy atom. The van der Waals surface area contributed by atoms with E-state index in [1.54, 1.807) is 24.3 Å². The number of unbranched alkanes of at least 4 members (excludes halogenated alkanes) is 1. The second kappa shape index (κ2) is 9.75. The van der Waals surface area contributed by atoms with Crippen LogP contribution in [0.2, 0.25) is 0 Å². The number of alkyl halides is 2. The average molecular weight is 577 g/mol. The standard InChI is InChI=1S/C31H26Cl2N2O5/c1-2-3-16-40-29(39)18-12-14-19(15-13-18)34-24(36)17-35-27(37)25-26(28(35)38)31(33)21-9-5-4-8-20(21)30(25,32)22-10-6-7-11-23(22)31/h4-15,25-26H,2-3,16-17H2,1H3,(H,34,36)/t25-,26+,30?,31?. The number of nitrogens with zero attached hydrogens (tertiary/aromatic N) is 1. The molecule has 7 nitrogen and oxygen atoms in total. The Morgan fingerprint density at radius 1 is 0.825 bits per heavy atom. The summed E-state index contributed by atoms with van der Waals surface area (Å²) in [5.41, 5.74) is 3.58. The fraction of sp³-hybridized carbons (Fsp3) is 0.290. The van der Waals surface area contributed by atoms with Gasteiger partial charge < -0.3 is 10.1 Å². The Hall–Kier alpha value is -3.68. The van der Waals surface area contributed by atoms with Gasteiger partial charge in [0, 0.05) is 5.69 Å². The maximum absolute atomic E-state index is 13.9. The van der Waals surface area contributed by atoms with Crippen molar-refractivity contribution in [3.63, 3.8) is 0 Å². The Kier molecular flexibility index (Phi) is 6.47. The number of ether oxygens (including phenoxy) is 1. The van der Waals surface area contributed by atoms with Gasteiger partial charge in [0.1, 0.15) is 16.3 Å². The quantitative estimate of drug-likeness (QED) is 0.181. The first-order valence-electron chi connectivity index (χ1n) is 13.2. The minimum absolute atomic E-state index is 0.344. The van der Waals surface area contributed by atoms with Crippen LogP contribution in [0.1, 0.15) is 52.4 Å². The van der Waals surface area contributed by atoms with Crippen LogP contribution in [0.4, 0.5) is 5.69 Å². The molecule has 3 aromatic carbocycles. The van der Waals surface area contributed by atoms with Gasteiger partial charge >= 0.3 is 5.97 Å². The molecular formula is C31H26Cl2N2O5. The predicted octanol–water partition coefficient (Wildman–Crippen LogP) is 5.18. The van der Waals surface area contributed by atoms with Crippen LogP contribution in [0, 0.1) is 11.8 Å². The van der Waals surface area contributed by atoms with E-state index in [1.165, 1.54) is 0 Å². The Morgan fingerprint density at radius 2 is 1.30 bits per heavy atom. The Bertz CT molecular complexity index is 1430. The summed E-state index contributed by atoms with van der Waals surface area (Å²) in [7, 11) is 0. The monoisotopic (exact) mass is 576 g/mol. The lowest BCUT2D eigenvalue weighted by molar-refractivity contribution is -0.142. The number of nitrogens with one attached hydrogen (secondary N) is 1. The van der Waals surface area contributed by atoms with Gasteiger partial charge in [0.15, 0.2) is 0 Å². The first kappa shape index (κ1) is 26.5. The molecule has 0 radical (unpaired) electrons. The van der Waals surface area contributed by atoms with Crippen LogP contribution in [0.5, 0.6) is 0 Å². The first-order valence-corrected chi connectivity index (χ1v) is 14.0. The molecule has 0 aromatic heterocycles. The number of carbonyl (C=O) groups excluding carboxylic acids is 4. The molecule has 204 valence electrons. The number of hydrogen-bond acceptors (Lipinski definition) is 5. The van der Waals surface area contributed by atoms with Gasteiger partial charge in [-0.05, 0) is 52.9 Å². The molecule has 9 heteroatoms. The number of carbonyl (C=O) groups is 4. The number of rotatable bonds is 7. The largest absolute Gasteiger partial charge is 0.462 e. The van der Waals surface area contributed by atoms with Crippen molar-refractivity contribution in [3.05, 3.63) is 101 Å². The van der Waals surface area contributed by atoms with Crippen LogP contribution in [-0.4, -0.2) is 41.7 Å². The van der Waals surface area contributed by atoms with Crippen molar-refractivity contribution < 1.29 is 23.9 Å². The van der Waals surface area contributed by atoms with Crippen molar-refractivity contribution in [2.75, 3.05) is 18.5 Å². The third-order valence-electron chi connectivity index (χ3n) is 8.11. The third-order valence-corrected chi connectivity index (χ3v) is 9.40. The maximum Gasteiger partial charge on any atom is 0.338 e. The highest BCUT2D eigenvalue weighted by Gasteiger charge is 2.73. The van der Waals surface area contributed by atoms with E-state index in [0.717, 1.165) is 17.7 Å². The molecule has 40 heavy (non-hydrogen) atoms. The topological polar surface area (TPSA) is 92.8 Å². The molecule has 1 heterocycles. The SMILES string of the molecule is CCCCOC(=O)c1ccc(NC(=O)CN2C(=O)[C@@H]3[C@H](C2=O)C2(Cl)c4ccccc4C3(Cl)c3ccccc32)cc1. The number of anilines is 1. The van der Waals surface area contributed by atoms with E-state index in [4.69, 9.17) is 27.9 Å². The van der Waals surface area contributed by atoms with Gasteiger partial charge in [-0.2, -0.15) is 0 Å². The summed E-state index contributed by atoms with van der Waals surface area (Å²) in [5.74, 6) is -3.99. The zero-order chi connectivity index (χ0) is 28.2. The molecule has 0 spiro atoms. The van der Waals surface area contributed by atoms with Crippen LogP contribution in [0.3, 0.4) is 0 Å². The van der Waals surface area contributed by atoms with Crippen LogP contribution in [-0.2, 0) is 28.9 Å². The van der Waals surface area contributed by atoms with Crippen molar-refractivity contribution in [1.82, 2.24) is 4.90 Å². The lowest BCUT2D eigenvalue weighted by Gasteiger charge is -2.54. The van der Waals surface area contributed by atoms with E-state index in [1.807, 2.05) is 55.5 Å². The van der Waals surface area contributed by atoms with E-state index in [-0.39, 0.29) is 0 Å². The summed E-state index contributed by atoms with van der Waals surface area (Å²) in [5, 5.41) is 2.70. The zero-order valence-electron chi connectivity index (χ0n) is 21.7. The van der Waals surface area contributed by atoms with Crippen molar-refractivity contribution in [1.29, 1.82) is 0 Å². The van der Waals surface area contributed by atoms with E-state index in [9.17, 15) is 19.2 Å². The van der Waals surface area contributed by atoms with E-state index < -0.39 is 51.8 Å². The highest BCUT2D eigenvalue weighted by atomic mass is 35.5. The molecular weight excluding hydrogens is 551 g/mol. The highest BCUT2D eigenvalue weighted by Crippen LogP contribution is 2.69. The molecule has 0 unspecified atom stereocenters. The molecule has 7 rings (SSSR count). The van der Waals surface area contributed by atoms with Crippen molar-refractivity contribution in [2.24, 2.45) is 11.8 Å². The normalized spacial score (nSPS) is 25.7. The predicted molar refractivity (Wildman–Crippen MR) is 150 cm³/mol. The minimum Gasteiger partial charge on any atom is -0.462 e. The molecule has 2 atom stereocenters. The molecule has 4 aliphatic rings. The van der Waals surface area contributed by atoms with Crippen molar-refractivity contribution in [2.45, 2.75) is 29.5 Å². The second-order valence-electron chi connectivity index (χ2n) is 10.3. The van der Waals surface area contributed by atoms with Crippen LogP contribution >= 0.6 is 23.2 Å². The molecule has 3 amide bonds. The molecule has 2 bridgehead atoms. The van der Waals surface area contributed by atoms with Crippen molar-refractivity contribution >= 4 is 52.6 Å². The van der Waals surface area contributed by atoms with Gasteiger partial charge in [0.2, 0.25) is 17.7 Å². The summed E-state index contributed by atoms with van der Waals surface area (Å²) in [4.78, 5) is 51.2. The summed E-state index contributed by atoms with van der Waals surface area (Å²) in [6.07, 6.45) is 1.70. The number of amides is 3. The average Bonchev–Trinajstić information content (AvgIpc) is 3.22. The summed E-state index contributed by atoms with van der Waals surface area (Å²) in [6, 6.07) is 21.0. The molecule has 1 N–H and O–H groups in total. The lowest BCUT2D eigenvalue weighted by atomic mass is 9.54. The molecule has 3 aromatic rings. The Balaban J connectivity index is 1.25. The molecule has 1 fully saturated rings. The van der Waals surface area contributed by atoms with Gasteiger partial charge in [-0.1, -0.05) is 61.9 Å². The lowest BCUT2D eigenvalue weighted by Crippen LogP contribution is -2.57. The number of hydrogen-bond donors (Lipinski definition) is 1. The van der Waals surface area contributed by atoms with E-state index in [0.29, 0.717) is 40.1 Å². The van der Waals surface area contributed by atoms with E-state index in [2.05, 4.69) is 5.32 Å². The number of likely N-dealkylation sites (tertiary alicyclic amines) is 1. The minimum atomic E-state index is -1.30. The Labute approximate surface area is 241 Å². The summed E-state index contributed by atoms with van der Waals surface area (Å²) in [6.45, 7) is 1.86. The fourth-order valence-electron chi connectivity index (χ4n) is 6.31. The number of benzene rings is 3. The fourth-order valence-corrected chi connectivity index (χ4v) is 7.40. The van der Waals surface area contributed by atoms with E-state index >= 15 is 0 Å². The second-order valence-corrected chi connectivity index (χ2v) is 11.5. The third kappa shape index (κ3) is 3.71. The van der Waals surface area contributed by atoms with Gasteiger partial charge in [-0.15, -0.1) is 23.2 Å².